The quantitative estimate of drug-likeness (QED) is 0.468. The first-order valence-electron chi connectivity index (χ1n) is 6.96. The van der Waals surface area contributed by atoms with E-state index in [0.29, 0.717) is 5.56 Å². The number of rotatable bonds is 3. The third-order valence-electron chi connectivity index (χ3n) is 4.33. The molecule has 22 heavy (non-hydrogen) atoms. The maximum absolute atomic E-state index is 12.0. The van der Waals surface area contributed by atoms with Crippen LogP contribution in [0.25, 0.3) is 0 Å². The van der Waals surface area contributed by atoms with Crippen LogP contribution in [0, 0.1) is 11.8 Å². The van der Waals surface area contributed by atoms with Crippen LogP contribution in [0.3, 0.4) is 0 Å². The smallest absolute Gasteiger partial charge is 0.338 e. The van der Waals surface area contributed by atoms with Crippen LogP contribution in [0.2, 0.25) is 0 Å². The highest BCUT2D eigenvalue weighted by Crippen LogP contribution is 2.51. The molecule has 0 unspecified atom stereocenters. The van der Waals surface area contributed by atoms with Crippen LogP contribution in [0.4, 0.5) is 0 Å². The lowest BCUT2D eigenvalue weighted by Gasteiger charge is -2.26. The molecule has 4 rings (SSSR count). The zero-order valence-corrected chi connectivity index (χ0v) is 11.4. The van der Waals surface area contributed by atoms with Crippen molar-refractivity contribution < 1.29 is 28.6 Å². The van der Waals surface area contributed by atoms with Gasteiger partial charge in [0.2, 0.25) is 0 Å². The first-order chi connectivity index (χ1) is 10.6. The maximum Gasteiger partial charge on any atom is 0.338 e. The summed E-state index contributed by atoms with van der Waals surface area (Å²) >= 11 is 0. The number of hydrogen-bond acceptors (Lipinski definition) is 6. The maximum atomic E-state index is 12.0. The molecule has 4 atom stereocenters. The number of cyclic esters (lactones) is 2. The van der Waals surface area contributed by atoms with Crippen molar-refractivity contribution in [3.05, 3.63) is 48.0 Å². The van der Waals surface area contributed by atoms with Crippen molar-refractivity contribution in [3.63, 3.8) is 0 Å². The summed E-state index contributed by atoms with van der Waals surface area (Å²) in [5.74, 6) is -3.05. The molecule has 3 heterocycles. The number of esters is 3. The topological polar surface area (TPSA) is 78.9 Å². The Kier molecular flexibility index (Phi) is 2.71. The Morgan fingerprint density at radius 1 is 1.18 bits per heavy atom. The second-order valence-corrected chi connectivity index (χ2v) is 5.58. The summed E-state index contributed by atoms with van der Waals surface area (Å²) in [5, 5.41) is 0. The van der Waals surface area contributed by atoms with Gasteiger partial charge in [0.1, 0.15) is 24.0 Å². The first-order valence-corrected chi connectivity index (χ1v) is 6.96. The Morgan fingerprint density at radius 3 is 2.73 bits per heavy atom. The van der Waals surface area contributed by atoms with E-state index >= 15 is 0 Å². The van der Waals surface area contributed by atoms with E-state index in [2.05, 4.69) is 4.74 Å². The number of benzene rings is 1. The van der Waals surface area contributed by atoms with Gasteiger partial charge < -0.3 is 14.2 Å². The predicted molar refractivity (Wildman–Crippen MR) is 71.5 cm³/mol. The summed E-state index contributed by atoms with van der Waals surface area (Å²) in [6, 6.07) is 8.54. The molecule has 6 heteroatoms. The number of carbonyl (C=O) groups excluding carboxylic acids is 3. The molecule has 3 aliphatic heterocycles. The van der Waals surface area contributed by atoms with E-state index in [1.165, 1.54) is 0 Å². The van der Waals surface area contributed by atoms with Gasteiger partial charge in [0.15, 0.2) is 0 Å². The molecule has 2 fully saturated rings. The Bertz CT molecular complexity index is 694. The molecule has 6 nitrogen and oxygen atoms in total. The van der Waals surface area contributed by atoms with Crippen molar-refractivity contribution in [1.29, 1.82) is 0 Å². The minimum atomic E-state index is -1.09. The Labute approximate surface area is 125 Å². The van der Waals surface area contributed by atoms with Gasteiger partial charge in [-0.3, -0.25) is 9.59 Å². The highest BCUT2D eigenvalue weighted by Gasteiger charge is 2.67. The second kappa shape index (κ2) is 4.51. The Hall–Kier alpha value is -2.47. The van der Waals surface area contributed by atoms with Crippen molar-refractivity contribution in [2.45, 2.75) is 11.7 Å². The fraction of sp³-hybridized carbons (Fsp3) is 0.312. The zero-order chi connectivity index (χ0) is 15.3. The summed E-state index contributed by atoms with van der Waals surface area (Å²) in [7, 11) is 0. The Morgan fingerprint density at radius 2 is 1.95 bits per heavy atom. The van der Waals surface area contributed by atoms with Crippen molar-refractivity contribution in [3.8, 4) is 0 Å². The fourth-order valence-electron chi connectivity index (χ4n) is 3.31. The summed E-state index contributed by atoms with van der Waals surface area (Å²) in [4.78, 5) is 35.6. The molecule has 0 amide bonds. The SMILES string of the molecule is O=C(OC[C@]12C=C[C@H](O1)[C@@H]1C(=O)OC(=O)[C@@H]12)c1ccccc1. The first kappa shape index (κ1) is 13.2. The molecular formula is C16H12O6. The lowest BCUT2D eigenvalue weighted by molar-refractivity contribution is -0.159. The number of fused-ring (bicyclic) bond motifs is 5. The van der Waals surface area contributed by atoms with Gasteiger partial charge in [-0.1, -0.05) is 24.3 Å². The van der Waals surface area contributed by atoms with Crippen LogP contribution < -0.4 is 0 Å². The summed E-state index contributed by atoms with van der Waals surface area (Å²) in [6.07, 6.45) is 2.92. The van der Waals surface area contributed by atoms with Gasteiger partial charge in [-0.15, -0.1) is 0 Å². The normalized spacial score (nSPS) is 34.6. The van der Waals surface area contributed by atoms with Crippen LogP contribution in [0.15, 0.2) is 42.5 Å². The third-order valence-corrected chi connectivity index (χ3v) is 4.33. The average Bonchev–Trinajstić information content (AvgIpc) is 3.18. The molecule has 0 N–H and O–H groups in total. The van der Waals surface area contributed by atoms with Gasteiger partial charge in [-0.25, -0.2) is 4.79 Å². The van der Waals surface area contributed by atoms with Crippen LogP contribution >= 0.6 is 0 Å². The summed E-state index contributed by atoms with van der Waals surface area (Å²) < 4.78 is 15.7. The fourth-order valence-corrected chi connectivity index (χ4v) is 3.31. The van der Waals surface area contributed by atoms with E-state index in [1.54, 1.807) is 42.5 Å². The molecular weight excluding hydrogens is 288 g/mol. The van der Waals surface area contributed by atoms with Gasteiger partial charge >= 0.3 is 17.9 Å². The van der Waals surface area contributed by atoms with E-state index < -0.39 is 41.4 Å². The van der Waals surface area contributed by atoms with Crippen LogP contribution in [-0.4, -0.2) is 36.2 Å². The van der Waals surface area contributed by atoms with Crippen LogP contribution in [-0.2, 0) is 23.8 Å². The van der Waals surface area contributed by atoms with E-state index in [4.69, 9.17) is 9.47 Å². The Balaban J connectivity index is 1.53. The molecule has 2 bridgehead atoms. The minimum Gasteiger partial charge on any atom is -0.459 e. The lowest BCUT2D eigenvalue weighted by atomic mass is 9.77. The van der Waals surface area contributed by atoms with Gasteiger partial charge in [0.05, 0.1) is 11.7 Å². The lowest BCUT2D eigenvalue weighted by Crippen LogP contribution is -2.42. The summed E-state index contributed by atoms with van der Waals surface area (Å²) in [6.45, 7) is -0.128. The van der Waals surface area contributed by atoms with E-state index in [-0.39, 0.29) is 6.61 Å². The monoisotopic (exact) mass is 300 g/mol. The molecule has 0 aliphatic carbocycles. The number of carbonyl (C=O) groups is 3. The predicted octanol–water partition coefficient (Wildman–Crippen LogP) is 0.867. The van der Waals surface area contributed by atoms with Crippen LogP contribution in [0.1, 0.15) is 10.4 Å². The molecule has 2 saturated heterocycles. The van der Waals surface area contributed by atoms with Gasteiger partial charge in [0.25, 0.3) is 0 Å². The molecule has 1 aromatic carbocycles. The largest absolute Gasteiger partial charge is 0.459 e. The van der Waals surface area contributed by atoms with Crippen molar-refractivity contribution in [1.82, 2.24) is 0 Å². The van der Waals surface area contributed by atoms with Gasteiger partial charge in [0, 0.05) is 0 Å². The molecule has 0 radical (unpaired) electrons. The molecule has 0 saturated carbocycles. The van der Waals surface area contributed by atoms with Gasteiger partial charge in [-0.05, 0) is 18.2 Å². The van der Waals surface area contributed by atoms with Crippen LogP contribution in [0.5, 0.6) is 0 Å². The molecule has 1 aromatic rings. The van der Waals surface area contributed by atoms with E-state index in [0.717, 1.165) is 0 Å². The molecule has 0 spiro atoms. The highest BCUT2D eigenvalue weighted by molar-refractivity contribution is 5.99. The summed E-state index contributed by atoms with van der Waals surface area (Å²) in [5.41, 5.74) is -0.680. The highest BCUT2D eigenvalue weighted by atomic mass is 16.6. The number of hydrogen-bond donors (Lipinski definition) is 0. The third kappa shape index (κ3) is 1.74. The van der Waals surface area contributed by atoms with Crippen molar-refractivity contribution in [2.24, 2.45) is 11.8 Å². The second-order valence-electron chi connectivity index (χ2n) is 5.58. The van der Waals surface area contributed by atoms with Gasteiger partial charge in [-0.2, -0.15) is 0 Å². The standard InChI is InChI=1S/C16H12O6/c17-13(9-4-2-1-3-5-9)20-8-16-7-6-10(22-16)11-12(16)15(19)21-14(11)18/h1-7,10-12H,8H2/t10-,11-,12+,16-/m0/s1. The molecule has 3 aliphatic rings. The number of ether oxygens (including phenoxy) is 3. The molecule has 0 aromatic heterocycles. The molecule has 112 valence electrons. The van der Waals surface area contributed by atoms with Crippen molar-refractivity contribution in [2.75, 3.05) is 6.61 Å². The van der Waals surface area contributed by atoms with E-state index in [1.807, 2.05) is 0 Å². The minimum absolute atomic E-state index is 0.128. The zero-order valence-electron chi connectivity index (χ0n) is 11.4. The van der Waals surface area contributed by atoms with E-state index in [9.17, 15) is 14.4 Å². The average molecular weight is 300 g/mol. The van der Waals surface area contributed by atoms with Crippen molar-refractivity contribution >= 4 is 17.9 Å².